The van der Waals surface area contributed by atoms with Crippen LogP contribution in [-0.4, -0.2) is 48.4 Å². The van der Waals surface area contributed by atoms with E-state index in [1.807, 2.05) is 25.4 Å². The topological polar surface area (TPSA) is 67.3 Å². The fourth-order valence-corrected chi connectivity index (χ4v) is 4.95. The smallest absolute Gasteiger partial charge is 0.241 e. The van der Waals surface area contributed by atoms with Crippen molar-refractivity contribution in [3.63, 3.8) is 0 Å². The van der Waals surface area contributed by atoms with Gasteiger partial charge in [0.1, 0.15) is 11.6 Å². The predicted octanol–water partition coefficient (Wildman–Crippen LogP) is 3.79. The quantitative estimate of drug-likeness (QED) is 0.434. The Morgan fingerprint density at radius 3 is 2.97 bits per heavy atom. The van der Waals surface area contributed by atoms with Crippen LogP contribution in [0.1, 0.15) is 50.2 Å². The molecule has 3 N–H and O–H groups in total. The summed E-state index contributed by atoms with van der Waals surface area (Å²) in [6, 6.07) is 3.89. The van der Waals surface area contributed by atoms with E-state index < -0.39 is 11.6 Å². The number of benzene rings is 1. The molecule has 1 aromatic carbocycles. The van der Waals surface area contributed by atoms with Crippen LogP contribution in [0.15, 0.2) is 30.6 Å². The molecule has 186 valence electrons. The van der Waals surface area contributed by atoms with Crippen molar-refractivity contribution in [1.29, 1.82) is 0 Å². The molecule has 2 aliphatic rings. The van der Waals surface area contributed by atoms with Crippen LogP contribution in [0.3, 0.4) is 0 Å². The SMILES string of the molecule is CCC[C@H](N[C@H]1CCc2cc(F)cc(F)c2C1)C(=O)Nc1ccn(CCNC[C@@H]2CCCO2)c1. The van der Waals surface area contributed by atoms with Crippen LogP contribution >= 0.6 is 0 Å². The fourth-order valence-electron chi connectivity index (χ4n) is 4.95. The minimum absolute atomic E-state index is 0.0192. The summed E-state index contributed by atoms with van der Waals surface area (Å²) in [5.41, 5.74) is 2.06. The number of ether oxygens (including phenoxy) is 1. The van der Waals surface area contributed by atoms with Crippen molar-refractivity contribution in [3.05, 3.63) is 53.4 Å². The van der Waals surface area contributed by atoms with Crippen LogP contribution in [0.4, 0.5) is 14.5 Å². The fraction of sp³-hybridized carbons (Fsp3) is 0.577. The molecule has 1 saturated heterocycles. The van der Waals surface area contributed by atoms with Crippen LogP contribution < -0.4 is 16.0 Å². The van der Waals surface area contributed by atoms with Gasteiger partial charge in [-0.2, -0.15) is 0 Å². The molecule has 0 saturated carbocycles. The third-order valence-corrected chi connectivity index (χ3v) is 6.76. The van der Waals surface area contributed by atoms with E-state index in [4.69, 9.17) is 4.74 Å². The molecule has 1 aliphatic heterocycles. The maximum atomic E-state index is 14.3. The highest BCUT2D eigenvalue weighted by Gasteiger charge is 2.27. The van der Waals surface area contributed by atoms with E-state index in [2.05, 4.69) is 20.5 Å². The molecule has 0 radical (unpaired) electrons. The van der Waals surface area contributed by atoms with E-state index in [1.165, 1.54) is 6.07 Å². The number of carbonyl (C=O) groups is 1. The maximum Gasteiger partial charge on any atom is 0.241 e. The van der Waals surface area contributed by atoms with Crippen molar-refractivity contribution in [2.45, 2.75) is 76.6 Å². The number of amides is 1. The third-order valence-electron chi connectivity index (χ3n) is 6.76. The van der Waals surface area contributed by atoms with Crippen LogP contribution in [0, 0.1) is 11.6 Å². The second kappa shape index (κ2) is 11.9. The van der Waals surface area contributed by atoms with Gasteiger partial charge in [0.25, 0.3) is 0 Å². The monoisotopic (exact) mass is 474 g/mol. The molecular weight excluding hydrogens is 438 g/mol. The molecule has 3 atom stereocenters. The Morgan fingerprint density at radius 2 is 2.18 bits per heavy atom. The minimum Gasteiger partial charge on any atom is -0.377 e. The first kappa shape index (κ1) is 24.8. The molecule has 1 fully saturated rings. The number of nitrogens with one attached hydrogen (secondary N) is 3. The first-order valence-electron chi connectivity index (χ1n) is 12.5. The molecule has 4 rings (SSSR count). The predicted molar refractivity (Wildman–Crippen MR) is 129 cm³/mol. The van der Waals surface area contributed by atoms with Gasteiger partial charge in [0.15, 0.2) is 0 Å². The summed E-state index contributed by atoms with van der Waals surface area (Å²) < 4.78 is 35.5. The van der Waals surface area contributed by atoms with Gasteiger partial charge in [-0.3, -0.25) is 4.79 Å². The lowest BCUT2D eigenvalue weighted by Gasteiger charge is -2.29. The van der Waals surface area contributed by atoms with E-state index in [0.29, 0.717) is 30.9 Å². The van der Waals surface area contributed by atoms with Gasteiger partial charge in [-0.25, -0.2) is 8.78 Å². The summed E-state index contributed by atoms with van der Waals surface area (Å²) in [6.07, 6.45) is 9.86. The molecule has 1 amide bonds. The number of aryl methyl sites for hydroxylation is 1. The Balaban J connectivity index is 1.26. The van der Waals surface area contributed by atoms with Gasteiger partial charge in [0.05, 0.1) is 17.8 Å². The lowest BCUT2D eigenvalue weighted by Crippen LogP contribution is -2.47. The van der Waals surface area contributed by atoms with Gasteiger partial charge in [0.2, 0.25) is 5.91 Å². The van der Waals surface area contributed by atoms with Crippen molar-refractivity contribution in [2.75, 3.05) is 25.0 Å². The number of aromatic nitrogens is 1. The van der Waals surface area contributed by atoms with Crippen LogP contribution in [-0.2, 0) is 28.9 Å². The van der Waals surface area contributed by atoms with Gasteiger partial charge < -0.3 is 25.3 Å². The second-order valence-corrected chi connectivity index (χ2v) is 9.44. The molecule has 1 aromatic heterocycles. The van der Waals surface area contributed by atoms with E-state index in [-0.39, 0.29) is 18.0 Å². The maximum absolute atomic E-state index is 14.3. The number of hydrogen-bond acceptors (Lipinski definition) is 4. The standard InChI is InChI=1S/C26H36F2N4O2/c1-2-4-25(30-20-7-6-18-13-19(27)14-24(28)23(18)15-20)26(33)31-21-8-10-32(17-21)11-9-29-16-22-5-3-12-34-22/h8,10,13-14,17,20,22,25,29-30H,2-7,9,11-12,15-16H2,1H3,(H,31,33)/t20-,22-,25-/m0/s1. The Hall–Kier alpha value is -2.29. The van der Waals surface area contributed by atoms with E-state index in [9.17, 15) is 13.6 Å². The van der Waals surface area contributed by atoms with Crippen molar-refractivity contribution < 1.29 is 18.3 Å². The number of halogens is 2. The third kappa shape index (κ3) is 6.64. The van der Waals surface area contributed by atoms with Crippen molar-refractivity contribution >= 4 is 11.6 Å². The minimum atomic E-state index is -0.531. The molecule has 0 spiro atoms. The number of hydrogen-bond donors (Lipinski definition) is 3. The normalized spacial score (nSPS) is 20.8. The zero-order valence-corrected chi connectivity index (χ0v) is 19.9. The summed E-state index contributed by atoms with van der Waals surface area (Å²) in [5.74, 6) is -1.11. The summed E-state index contributed by atoms with van der Waals surface area (Å²) in [6.45, 7) is 5.44. The second-order valence-electron chi connectivity index (χ2n) is 9.44. The molecule has 34 heavy (non-hydrogen) atoms. The van der Waals surface area contributed by atoms with Gasteiger partial charge in [0, 0.05) is 50.7 Å². The highest BCUT2D eigenvalue weighted by Crippen LogP contribution is 2.26. The van der Waals surface area contributed by atoms with E-state index >= 15 is 0 Å². The number of nitrogens with zero attached hydrogens (tertiary/aromatic N) is 1. The number of rotatable bonds is 11. The van der Waals surface area contributed by atoms with Gasteiger partial charge >= 0.3 is 0 Å². The summed E-state index contributed by atoms with van der Waals surface area (Å²) in [5, 5.41) is 9.89. The summed E-state index contributed by atoms with van der Waals surface area (Å²) in [4.78, 5) is 13.0. The van der Waals surface area contributed by atoms with Crippen LogP contribution in [0.5, 0.6) is 0 Å². The summed E-state index contributed by atoms with van der Waals surface area (Å²) in [7, 11) is 0. The Morgan fingerprint density at radius 1 is 1.29 bits per heavy atom. The Bertz CT molecular complexity index is 958. The average Bonchev–Trinajstić information content (AvgIpc) is 3.49. The largest absolute Gasteiger partial charge is 0.377 e. The molecule has 2 heterocycles. The van der Waals surface area contributed by atoms with E-state index in [1.54, 1.807) is 0 Å². The van der Waals surface area contributed by atoms with Gasteiger partial charge in [-0.05, 0) is 61.8 Å². The first-order valence-corrected chi connectivity index (χ1v) is 12.5. The molecule has 0 unspecified atom stereocenters. The molecule has 1 aliphatic carbocycles. The summed E-state index contributed by atoms with van der Waals surface area (Å²) >= 11 is 0. The number of anilines is 1. The first-order chi connectivity index (χ1) is 16.5. The zero-order valence-electron chi connectivity index (χ0n) is 19.9. The number of carbonyl (C=O) groups excluding carboxylic acids is 1. The lowest BCUT2D eigenvalue weighted by atomic mass is 9.87. The van der Waals surface area contributed by atoms with Gasteiger partial charge in [-0.15, -0.1) is 0 Å². The molecule has 0 bridgehead atoms. The highest BCUT2D eigenvalue weighted by atomic mass is 19.1. The van der Waals surface area contributed by atoms with Crippen LogP contribution in [0.25, 0.3) is 0 Å². The molecule has 8 heteroatoms. The van der Waals surface area contributed by atoms with E-state index in [0.717, 1.165) is 69.2 Å². The lowest BCUT2D eigenvalue weighted by molar-refractivity contribution is -0.118. The molecule has 2 aromatic rings. The molecular formula is C26H36F2N4O2. The Kier molecular flexibility index (Phi) is 8.69. The molecule has 6 nitrogen and oxygen atoms in total. The van der Waals surface area contributed by atoms with Gasteiger partial charge in [-0.1, -0.05) is 13.3 Å². The number of fused-ring (bicyclic) bond motifs is 1. The van der Waals surface area contributed by atoms with Crippen LogP contribution in [0.2, 0.25) is 0 Å². The Labute approximate surface area is 200 Å². The average molecular weight is 475 g/mol. The van der Waals surface area contributed by atoms with Crippen molar-refractivity contribution in [1.82, 2.24) is 15.2 Å². The highest BCUT2D eigenvalue weighted by molar-refractivity contribution is 5.94. The van der Waals surface area contributed by atoms with Crippen molar-refractivity contribution in [3.8, 4) is 0 Å². The van der Waals surface area contributed by atoms with Crippen molar-refractivity contribution in [2.24, 2.45) is 0 Å². The zero-order chi connectivity index (χ0) is 23.9.